The molecule has 140 valence electrons. The lowest BCUT2D eigenvalue weighted by Crippen LogP contribution is -2.39. The summed E-state index contributed by atoms with van der Waals surface area (Å²) < 4.78 is 5.65. The molecule has 1 heterocycles. The lowest BCUT2D eigenvalue weighted by Gasteiger charge is -2.29. The van der Waals surface area contributed by atoms with Gasteiger partial charge in [-0.2, -0.15) is 0 Å². The molecule has 1 aliphatic carbocycles. The molecule has 5 heteroatoms. The van der Waals surface area contributed by atoms with Crippen LogP contribution in [0.25, 0.3) is 11.1 Å². The summed E-state index contributed by atoms with van der Waals surface area (Å²) in [7, 11) is 0. The Balaban J connectivity index is 1.73. The molecule has 1 aliphatic heterocycles. The van der Waals surface area contributed by atoms with Crippen molar-refractivity contribution in [2.45, 2.75) is 50.5 Å². The van der Waals surface area contributed by atoms with Gasteiger partial charge in [0.05, 0.1) is 0 Å². The van der Waals surface area contributed by atoms with Crippen LogP contribution in [-0.2, 0) is 14.3 Å². The summed E-state index contributed by atoms with van der Waals surface area (Å²) in [5, 5.41) is 0.492. The summed E-state index contributed by atoms with van der Waals surface area (Å²) in [6.45, 7) is 1.90. The molecule has 2 fully saturated rings. The van der Waals surface area contributed by atoms with Crippen molar-refractivity contribution in [3.63, 3.8) is 0 Å². The van der Waals surface area contributed by atoms with Crippen molar-refractivity contribution >= 4 is 29.0 Å². The lowest BCUT2D eigenvalue weighted by molar-refractivity contribution is -0.154. The molecule has 27 heavy (non-hydrogen) atoms. The van der Waals surface area contributed by atoms with E-state index in [4.69, 9.17) is 22.1 Å². The zero-order chi connectivity index (χ0) is 19.2. The number of nitrogens with two attached hydrogens (primary N) is 1. The van der Waals surface area contributed by atoms with Gasteiger partial charge in [0.1, 0.15) is 5.92 Å². The van der Waals surface area contributed by atoms with Gasteiger partial charge in [-0.15, -0.1) is 0 Å². The number of ether oxygens (including phenoxy) is 1. The molecule has 1 saturated heterocycles. The normalized spacial score (nSPS) is 21.5. The fourth-order valence-corrected chi connectivity index (χ4v) is 4.63. The number of anilines is 1. The molecule has 0 radical (unpaired) electrons. The van der Waals surface area contributed by atoms with E-state index in [-0.39, 0.29) is 5.78 Å². The third kappa shape index (κ3) is 3.02. The molecule has 1 unspecified atom stereocenters. The first-order valence-corrected chi connectivity index (χ1v) is 9.72. The van der Waals surface area contributed by atoms with Crippen LogP contribution in [0.4, 0.5) is 5.69 Å². The van der Waals surface area contributed by atoms with Crippen molar-refractivity contribution in [1.29, 1.82) is 0 Å². The average molecular weight is 384 g/mol. The van der Waals surface area contributed by atoms with Crippen LogP contribution in [0, 0.1) is 6.92 Å². The maximum absolute atomic E-state index is 13.2. The number of ketones is 1. The Hall–Kier alpha value is -2.33. The minimum Gasteiger partial charge on any atom is -0.450 e. The molecule has 2 aliphatic rings. The Morgan fingerprint density at radius 3 is 2.56 bits per heavy atom. The third-order valence-corrected chi connectivity index (χ3v) is 6.08. The Bertz CT molecular complexity index is 931. The average Bonchev–Trinajstić information content (AvgIpc) is 2.87. The number of nitrogen functional groups attached to an aromatic ring is 1. The largest absolute Gasteiger partial charge is 0.450 e. The molecule has 1 saturated carbocycles. The second-order valence-corrected chi connectivity index (χ2v) is 7.99. The van der Waals surface area contributed by atoms with Crippen LogP contribution < -0.4 is 5.73 Å². The van der Waals surface area contributed by atoms with Gasteiger partial charge in [0, 0.05) is 16.3 Å². The Kier molecular flexibility index (Phi) is 4.47. The minimum absolute atomic E-state index is 0.108. The first-order valence-electron chi connectivity index (χ1n) is 9.34. The number of benzene rings is 2. The summed E-state index contributed by atoms with van der Waals surface area (Å²) in [6.07, 6.45) is 4.17. The lowest BCUT2D eigenvalue weighted by atomic mass is 9.77. The number of esters is 1. The smallest absolute Gasteiger partial charge is 0.322 e. The molecule has 1 atom stereocenters. The predicted molar refractivity (Wildman–Crippen MR) is 106 cm³/mol. The highest BCUT2D eigenvalue weighted by Crippen LogP contribution is 2.45. The van der Waals surface area contributed by atoms with E-state index in [1.54, 1.807) is 6.07 Å². The van der Waals surface area contributed by atoms with Gasteiger partial charge >= 0.3 is 5.97 Å². The summed E-state index contributed by atoms with van der Waals surface area (Å²) in [6, 6.07) is 11.1. The number of carbonyl (C=O) groups excluding carboxylic acids is 2. The molecule has 0 amide bonds. The number of hydrogen-bond acceptors (Lipinski definition) is 4. The van der Waals surface area contributed by atoms with Gasteiger partial charge in [-0.1, -0.05) is 30.2 Å². The zero-order valence-electron chi connectivity index (χ0n) is 15.3. The molecule has 4 nitrogen and oxygen atoms in total. The van der Waals surface area contributed by atoms with E-state index in [9.17, 15) is 9.59 Å². The van der Waals surface area contributed by atoms with Gasteiger partial charge in [0.25, 0.3) is 0 Å². The zero-order valence-corrected chi connectivity index (χ0v) is 16.0. The number of carbonyl (C=O) groups is 2. The van der Waals surface area contributed by atoms with Crippen LogP contribution in [0.3, 0.4) is 0 Å². The number of aryl methyl sites for hydroxylation is 1. The molecule has 1 spiro atoms. The van der Waals surface area contributed by atoms with Gasteiger partial charge in [-0.25, -0.2) is 0 Å². The maximum Gasteiger partial charge on any atom is 0.322 e. The van der Waals surface area contributed by atoms with Gasteiger partial charge < -0.3 is 10.5 Å². The fourth-order valence-electron chi connectivity index (χ4n) is 4.35. The highest BCUT2D eigenvalue weighted by Gasteiger charge is 2.55. The van der Waals surface area contributed by atoms with Crippen molar-refractivity contribution < 1.29 is 14.3 Å². The summed E-state index contributed by atoms with van der Waals surface area (Å²) in [4.78, 5) is 25.8. The second-order valence-electron chi connectivity index (χ2n) is 7.59. The number of rotatable bonds is 2. The number of hydrogen-bond donors (Lipinski definition) is 1. The predicted octanol–water partition coefficient (Wildman–Crippen LogP) is 4.81. The molecule has 0 aromatic heterocycles. The first kappa shape index (κ1) is 18.1. The van der Waals surface area contributed by atoms with Gasteiger partial charge in [-0.3, -0.25) is 9.59 Å². The van der Waals surface area contributed by atoms with E-state index in [1.165, 1.54) is 0 Å². The maximum atomic E-state index is 13.2. The first-order chi connectivity index (χ1) is 12.9. The van der Waals surface area contributed by atoms with Crippen molar-refractivity contribution in [3.8, 4) is 11.1 Å². The Morgan fingerprint density at radius 2 is 1.85 bits per heavy atom. The molecule has 0 bridgehead atoms. The summed E-state index contributed by atoms with van der Waals surface area (Å²) >= 11 is 6.54. The molecule has 2 N–H and O–H groups in total. The van der Waals surface area contributed by atoms with E-state index in [2.05, 4.69) is 0 Å². The SMILES string of the molecule is Cc1cc(-c2cccc(N)c2)c(Cl)cc1C1C(=O)OC2(CCCCC2)C1=O. The van der Waals surface area contributed by atoms with E-state index in [0.29, 0.717) is 29.1 Å². The monoisotopic (exact) mass is 383 g/mol. The molecular formula is C22H22ClNO3. The van der Waals surface area contributed by atoms with Gasteiger partial charge in [0.2, 0.25) is 0 Å². The van der Waals surface area contributed by atoms with E-state index < -0.39 is 17.5 Å². The summed E-state index contributed by atoms with van der Waals surface area (Å²) in [5.74, 6) is -1.43. The minimum atomic E-state index is -0.925. The van der Waals surface area contributed by atoms with Crippen LogP contribution in [0.1, 0.15) is 49.1 Å². The Labute approximate surface area is 163 Å². The van der Waals surface area contributed by atoms with Crippen LogP contribution in [0.2, 0.25) is 5.02 Å². The quantitative estimate of drug-likeness (QED) is 0.459. The molecule has 2 aromatic carbocycles. The van der Waals surface area contributed by atoms with Crippen LogP contribution in [-0.4, -0.2) is 17.4 Å². The van der Waals surface area contributed by atoms with Gasteiger partial charge in [0.15, 0.2) is 11.4 Å². The molecular weight excluding hydrogens is 362 g/mol. The standard InChI is InChI=1S/C22H22ClNO3/c1-13-10-17(14-6-5-7-15(24)11-14)18(23)12-16(13)19-20(25)22(27-21(19)26)8-3-2-4-9-22/h5-7,10-12,19H,2-4,8-9,24H2,1H3. The van der Waals surface area contributed by atoms with Crippen molar-refractivity contribution in [2.24, 2.45) is 0 Å². The van der Waals surface area contributed by atoms with Crippen LogP contribution in [0.5, 0.6) is 0 Å². The van der Waals surface area contributed by atoms with Crippen molar-refractivity contribution in [2.75, 3.05) is 5.73 Å². The van der Waals surface area contributed by atoms with E-state index in [1.807, 2.05) is 37.3 Å². The highest BCUT2D eigenvalue weighted by molar-refractivity contribution is 6.33. The second kappa shape index (κ2) is 6.68. The van der Waals surface area contributed by atoms with E-state index in [0.717, 1.165) is 36.0 Å². The molecule has 4 rings (SSSR count). The fraction of sp³-hybridized carbons (Fsp3) is 0.364. The highest BCUT2D eigenvalue weighted by atomic mass is 35.5. The van der Waals surface area contributed by atoms with Crippen molar-refractivity contribution in [1.82, 2.24) is 0 Å². The molecule has 2 aromatic rings. The Morgan fingerprint density at radius 1 is 1.11 bits per heavy atom. The number of halogens is 1. The summed E-state index contributed by atoms with van der Waals surface area (Å²) in [5.41, 5.74) is 8.83. The topological polar surface area (TPSA) is 69.4 Å². The van der Waals surface area contributed by atoms with Crippen LogP contribution >= 0.6 is 11.6 Å². The van der Waals surface area contributed by atoms with E-state index >= 15 is 0 Å². The van der Waals surface area contributed by atoms with Gasteiger partial charge in [-0.05, 0) is 73.6 Å². The number of Topliss-reactive ketones (excluding diaryl/α,β-unsaturated/α-hetero) is 1. The van der Waals surface area contributed by atoms with Crippen LogP contribution in [0.15, 0.2) is 36.4 Å². The van der Waals surface area contributed by atoms with Crippen molar-refractivity contribution in [3.05, 3.63) is 52.5 Å². The third-order valence-electron chi connectivity index (χ3n) is 5.77.